The van der Waals surface area contributed by atoms with Gasteiger partial charge in [0, 0.05) is 15.9 Å². The summed E-state index contributed by atoms with van der Waals surface area (Å²) >= 11 is 0. The predicted molar refractivity (Wildman–Crippen MR) is 72.8 cm³/mol. The van der Waals surface area contributed by atoms with Crippen molar-refractivity contribution in [2.45, 2.75) is 6.92 Å². The number of allylic oxidation sites excluding steroid dienone is 1. The van der Waals surface area contributed by atoms with E-state index in [4.69, 9.17) is 0 Å². The highest BCUT2D eigenvalue weighted by molar-refractivity contribution is 5.37. The van der Waals surface area contributed by atoms with E-state index in [1.165, 1.54) is 0 Å². The maximum Gasteiger partial charge on any atom is 0.0420 e. The van der Waals surface area contributed by atoms with Crippen molar-refractivity contribution in [3.8, 4) is 0 Å². The molecule has 1 heteroatoms. The van der Waals surface area contributed by atoms with E-state index in [1.54, 1.807) is 6.08 Å². The van der Waals surface area contributed by atoms with Crippen molar-refractivity contribution in [3.63, 3.8) is 0 Å². The van der Waals surface area contributed by atoms with Gasteiger partial charge in [-0.2, -0.15) is 0 Å². The second kappa shape index (κ2) is 5.76. The maximum absolute atomic E-state index is 4.03. The van der Waals surface area contributed by atoms with Gasteiger partial charge >= 0.3 is 0 Å². The van der Waals surface area contributed by atoms with Crippen LogP contribution in [0, 0.1) is 0 Å². The molecule has 1 aromatic heterocycles. The topological polar surface area (TPSA) is 15.8 Å². The molecule has 0 radical (unpaired) electrons. The molecule has 0 aliphatic heterocycles. The molecule has 0 aliphatic rings. The predicted octanol–water partition coefficient (Wildman–Crippen LogP) is 0.727. The van der Waals surface area contributed by atoms with Gasteiger partial charge in [-0.25, -0.2) is 0 Å². The highest BCUT2D eigenvalue weighted by atomic mass is 14.6. The zero-order valence-electron chi connectivity index (χ0n) is 9.66. The molecule has 16 heavy (non-hydrogen) atoms. The van der Waals surface area contributed by atoms with E-state index >= 15 is 0 Å². The number of aromatic amines is 1. The molecule has 0 atom stereocenters. The van der Waals surface area contributed by atoms with E-state index in [1.807, 2.05) is 43.3 Å². The Bertz CT molecular complexity index is 631. The number of H-pyrrole nitrogens is 1. The summed E-state index contributed by atoms with van der Waals surface area (Å²) < 4.78 is 0. The van der Waals surface area contributed by atoms with Crippen molar-refractivity contribution in [2.24, 2.45) is 0 Å². The van der Waals surface area contributed by atoms with Gasteiger partial charge in [-0.05, 0) is 18.2 Å². The minimum atomic E-state index is 0.849. The van der Waals surface area contributed by atoms with E-state index in [9.17, 15) is 0 Å². The molecular weight excluding hydrogens is 194 g/mol. The first-order valence-corrected chi connectivity index (χ1v) is 5.18. The number of nitrogens with one attached hydrogen (secondary N) is 1. The van der Waals surface area contributed by atoms with Crippen LogP contribution < -0.4 is 21.1 Å². The molecule has 0 bridgehead atoms. The zero-order valence-corrected chi connectivity index (χ0v) is 9.66. The Morgan fingerprint density at radius 3 is 2.50 bits per heavy atom. The molecule has 0 saturated heterocycles. The molecule has 1 aromatic rings. The Hall–Kier alpha value is -2.02. The first kappa shape index (κ1) is 12.1. The first-order chi connectivity index (χ1) is 7.69. The van der Waals surface area contributed by atoms with Crippen LogP contribution in [-0.2, 0) is 0 Å². The Morgan fingerprint density at radius 1 is 1.19 bits per heavy atom. The van der Waals surface area contributed by atoms with Crippen LogP contribution in [0.25, 0.3) is 25.3 Å². The molecule has 1 heterocycles. The average Bonchev–Trinajstić information content (AvgIpc) is 2.33. The summed E-state index contributed by atoms with van der Waals surface area (Å²) in [6.45, 7) is 13.7. The van der Waals surface area contributed by atoms with Gasteiger partial charge in [-0.15, -0.1) is 0 Å². The summed E-state index contributed by atoms with van der Waals surface area (Å²) in [5.41, 5.74) is 0. The van der Waals surface area contributed by atoms with E-state index < -0.39 is 0 Å². The fraction of sp³-hybridized carbons (Fsp3) is 0.0667. The van der Waals surface area contributed by atoms with Crippen LogP contribution in [0.5, 0.6) is 0 Å². The zero-order chi connectivity index (χ0) is 12.0. The molecule has 82 valence electrons. The SMILES string of the molecule is C=C/C=c1/c(=C)ccccc(=C)[nH]/c1=C/C. The summed E-state index contributed by atoms with van der Waals surface area (Å²) in [6.07, 6.45) is 5.69. The molecule has 0 unspecified atom stereocenters. The number of rotatable bonds is 1. The van der Waals surface area contributed by atoms with Crippen molar-refractivity contribution in [1.82, 2.24) is 4.98 Å². The van der Waals surface area contributed by atoms with Crippen molar-refractivity contribution >= 4 is 25.3 Å². The minimum Gasteiger partial charge on any atom is -0.356 e. The summed E-state index contributed by atoms with van der Waals surface area (Å²) in [4.78, 5) is 3.24. The van der Waals surface area contributed by atoms with Crippen LogP contribution in [0.4, 0.5) is 0 Å². The quantitative estimate of drug-likeness (QED) is 0.705. The van der Waals surface area contributed by atoms with Gasteiger partial charge in [0.2, 0.25) is 0 Å². The van der Waals surface area contributed by atoms with Gasteiger partial charge in [0.15, 0.2) is 0 Å². The van der Waals surface area contributed by atoms with Crippen LogP contribution in [0.1, 0.15) is 6.92 Å². The molecule has 0 aliphatic carbocycles. The Balaban J connectivity index is 4.09. The second-order valence-corrected chi connectivity index (χ2v) is 3.41. The molecule has 0 saturated carbocycles. The van der Waals surface area contributed by atoms with E-state index in [0.717, 1.165) is 21.1 Å². The molecule has 1 N–H and O–H groups in total. The fourth-order valence-corrected chi connectivity index (χ4v) is 1.43. The molecule has 0 aromatic carbocycles. The smallest absolute Gasteiger partial charge is 0.0420 e. The molecule has 0 spiro atoms. The average molecular weight is 211 g/mol. The minimum absolute atomic E-state index is 0.849. The Kier molecular flexibility index (Phi) is 4.34. The van der Waals surface area contributed by atoms with Crippen LogP contribution in [-0.4, -0.2) is 4.98 Å². The molecule has 1 rings (SSSR count). The van der Waals surface area contributed by atoms with Gasteiger partial charge < -0.3 is 4.98 Å². The molecular formula is C15H17N. The van der Waals surface area contributed by atoms with Crippen LogP contribution in [0.15, 0.2) is 36.9 Å². The van der Waals surface area contributed by atoms with Gasteiger partial charge in [-0.1, -0.05) is 56.2 Å². The maximum atomic E-state index is 4.03. The third-order valence-electron chi connectivity index (χ3n) is 2.21. The third kappa shape index (κ3) is 2.99. The van der Waals surface area contributed by atoms with Crippen LogP contribution in [0.2, 0.25) is 0 Å². The lowest BCUT2D eigenvalue weighted by Gasteiger charge is -1.86. The highest BCUT2D eigenvalue weighted by Gasteiger charge is 1.81. The van der Waals surface area contributed by atoms with Gasteiger partial charge in [-0.3, -0.25) is 0 Å². The summed E-state index contributed by atoms with van der Waals surface area (Å²) in [5, 5.41) is 3.81. The summed E-state index contributed by atoms with van der Waals surface area (Å²) in [6, 6.07) is 7.77. The largest absolute Gasteiger partial charge is 0.356 e. The van der Waals surface area contributed by atoms with Crippen molar-refractivity contribution in [2.75, 3.05) is 0 Å². The van der Waals surface area contributed by atoms with Gasteiger partial charge in [0.1, 0.15) is 0 Å². The summed E-state index contributed by atoms with van der Waals surface area (Å²) in [5.74, 6) is 0. The first-order valence-electron chi connectivity index (χ1n) is 5.18. The summed E-state index contributed by atoms with van der Waals surface area (Å²) in [7, 11) is 0. The number of hydrogen-bond donors (Lipinski definition) is 1. The normalized spacial score (nSPS) is 12.3. The molecule has 0 fully saturated rings. The van der Waals surface area contributed by atoms with E-state index in [0.29, 0.717) is 0 Å². The van der Waals surface area contributed by atoms with Gasteiger partial charge in [0.25, 0.3) is 0 Å². The van der Waals surface area contributed by atoms with Crippen molar-refractivity contribution in [1.29, 1.82) is 0 Å². The van der Waals surface area contributed by atoms with E-state index in [-0.39, 0.29) is 0 Å². The van der Waals surface area contributed by atoms with Crippen molar-refractivity contribution < 1.29 is 0 Å². The van der Waals surface area contributed by atoms with Crippen LogP contribution in [0.3, 0.4) is 0 Å². The van der Waals surface area contributed by atoms with Gasteiger partial charge in [0.05, 0.1) is 0 Å². The lowest BCUT2D eigenvalue weighted by molar-refractivity contribution is 1.19. The third-order valence-corrected chi connectivity index (χ3v) is 2.21. The number of hydrogen-bond acceptors (Lipinski definition) is 0. The standard InChI is InChI=1S/C15H17N/c1-5-9-14-12(3)10-7-8-11-13(4)16-15(14)6-2/h5-11,16H,1,3-4H2,2H3/b10-7?,11-8?,14-9-,15-6+. The molecule has 0 amide bonds. The molecule has 1 nitrogen and oxygen atoms in total. The Labute approximate surface area is 95.8 Å². The Morgan fingerprint density at radius 2 is 1.88 bits per heavy atom. The lowest BCUT2D eigenvalue weighted by atomic mass is 10.3. The number of aromatic nitrogens is 1. The van der Waals surface area contributed by atoms with Crippen molar-refractivity contribution in [3.05, 3.63) is 58.1 Å². The lowest BCUT2D eigenvalue weighted by Crippen LogP contribution is -2.39. The highest BCUT2D eigenvalue weighted by Crippen LogP contribution is 1.65. The monoisotopic (exact) mass is 211 g/mol. The fourth-order valence-electron chi connectivity index (χ4n) is 1.43. The second-order valence-electron chi connectivity index (χ2n) is 3.41. The van der Waals surface area contributed by atoms with Crippen LogP contribution >= 0.6 is 0 Å². The van der Waals surface area contributed by atoms with E-state index in [2.05, 4.69) is 24.7 Å².